The van der Waals surface area contributed by atoms with Gasteiger partial charge in [0.05, 0.1) is 0 Å². The molecule has 0 aromatic rings. The predicted octanol–water partition coefficient (Wildman–Crippen LogP) is 7.51. The molecule has 0 fully saturated rings. The summed E-state index contributed by atoms with van der Waals surface area (Å²) in [4.78, 5) is 0. The molecule has 1 heteroatoms. The fourth-order valence-corrected chi connectivity index (χ4v) is 3.58. The first-order valence-corrected chi connectivity index (χ1v) is 10.8. The normalized spacial score (nSPS) is 12.9. The molecule has 0 aliphatic heterocycles. The zero-order valence-electron chi connectivity index (χ0n) is 16.6. The summed E-state index contributed by atoms with van der Waals surface area (Å²) in [5.41, 5.74) is 0. The molecule has 23 heavy (non-hydrogen) atoms. The highest BCUT2D eigenvalue weighted by Gasteiger charge is 2.12. The Bertz CT molecular complexity index is 212. The molecule has 0 amide bonds. The average Bonchev–Trinajstić information content (AvgIpc) is 2.54. The van der Waals surface area contributed by atoms with Gasteiger partial charge in [-0.25, -0.2) is 0 Å². The lowest BCUT2D eigenvalue weighted by Gasteiger charge is -2.20. The number of hydrogen-bond donors (Lipinski definition) is 1. The van der Waals surface area contributed by atoms with Crippen LogP contribution in [0.2, 0.25) is 0 Å². The van der Waals surface area contributed by atoms with E-state index in [-0.39, 0.29) is 0 Å². The van der Waals surface area contributed by atoms with E-state index in [1.807, 2.05) is 0 Å². The van der Waals surface area contributed by atoms with Crippen molar-refractivity contribution in [2.75, 3.05) is 6.61 Å². The lowest BCUT2D eigenvalue weighted by Crippen LogP contribution is -2.08. The van der Waals surface area contributed by atoms with E-state index in [1.165, 1.54) is 96.3 Å². The van der Waals surface area contributed by atoms with Gasteiger partial charge < -0.3 is 5.11 Å². The first-order valence-electron chi connectivity index (χ1n) is 10.8. The van der Waals surface area contributed by atoms with Crippen molar-refractivity contribution in [3.8, 4) is 0 Å². The van der Waals surface area contributed by atoms with Crippen LogP contribution < -0.4 is 0 Å². The molecule has 1 unspecified atom stereocenters. The first-order chi connectivity index (χ1) is 11.2. The molecule has 0 radical (unpaired) electrons. The van der Waals surface area contributed by atoms with Crippen LogP contribution in [0, 0.1) is 11.8 Å². The maximum Gasteiger partial charge on any atom is 0.0431 e. The maximum absolute atomic E-state index is 8.73. The van der Waals surface area contributed by atoms with E-state index >= 15 is 0 Å². The lowest BCUT2D eigenvalue weighted by atomic mass is 9.85. The topological polar surface area (TPSA) is 20.2 Å². The number of aliphatic hydroxyl groups excluding tert-OH is 1. The van der Waals surface area contributed by atoms with Crippen LogP contribution in [-0.2, 0) is 0 Å². The summed E-state index contributed by atoms with van der Waals surface area (Å²) in [5, 5.41) is 8.73. The van der Waals surface area contributed by atoms with Crippen molar-refractivity contribution < 1.29 is 5.11 Å². The predicted molar refractivity (Wildman–Crippen MR) is 105 cm³/mol. The average molecular weight is 327 g/mol. The number of aliphatic hydroxyl groups is 1. The van der Waals surface area contributed by atoms with Gasteiger partial charge in [-0.1, -0.05) is 117 Å². The van der Waals surface area contributed by atoms with Crippen LogP contribution in [0.5, 0.6) is 0 Å². The van der Waals surface area contributed by atoms with E-state index in [1.54, 1.807) is 0 Å². The molecule has 1 N–H and O–H groups in total. The third-order valence-corrected chi connectivity index (χ3v) is 5.35. The Balaban J connectivity index is 3.38. The summed E-state index contributed by atoms with van der Waals surface area (Å²) in [6.45, 7) is 7.51. The SMILES string of the molecule is CCCCCCC(CCCCCCCCCCCCO)C(C)C. The molecule has 0 aromatic heterocycles. The molecule has 0 aromatic carbocycles. The monoisotopic (exact) mass is 326 g/mol. The number of rotatable bonds is 18. The van der Waals surface area contributed by atoms with Gasteiger partial charge in [0.25, 0.3) is 0 Å². The second-order valence-electron chi connectivity index (χ2n) is 7.90. The fraction of sp³-hybridized carbons (Fsp3) is 1.00. The van der Waals surface area contributed by atoms with E-state index in [0.717, 1.165) is 18.3 Å². The van der Waals surface area contributed by atoms with Crippen LogP contribution in [0.1, 0.15) is 124 Å². The highest BCUT2D eigenvalue weighted by atomic mass is 16.2. The van der Waals surface area contributed by atoms with Crippen LogP contribution in [0.4, 0.5) is 0 Å². The zero-order chi connectivity index (χ0) is 17.2. The van der Waals surface area contributed by atoms with Gasteiger partial charge in [0.2, 0.25) is 0 Å². The van der Waals surface area contributed by atoms with Gasteiger partial charge in [-0.15, -0.1) is 0 Å². The van der Waals surface area contributed by atoms with Crippen LogP contribution in [-0.4, -0.2) is 11.7 Å². The first kappa shape index (κ1) is 23.0. The van der Waals surface area contributed by atoms with Crippen LogP contribution in [0.3, 0.4) is 0 Å². The molecule has 0 saturated heterocycles. The molecule has 0 bridgehead atoms. The molecule has 1 nitrogen and oxygen atoms in total. The number of hydrogen-bond acceptors (Lipinski definition) is 1. The van der Waals surface area contributed by atoms with Crippen LogP contribution >= 0.6 is 0 Å². The van der Waals surface area contributed by atoms with E-state index in [2.05, 4.69) is 20.8 Å². The minimum atomic E-state index is 0.371. The second-order valence-corrected chi connectivity index (χ2v) is 7.90. The largest absolute Gasteiger partial charge is 0.396 e. The minimum absolute atomic E-state index is 0.371. The Morgan fingerprint density at radius 1 is 0.565 bits per heavy atom. The number of unbranched alkanes of at least 4 members (excludes halogenated alkanes) is 12. The molecule has 140 valence electrons. The van der Waals surface area contributed by atoms with Gasteiger partial charge in [-0.3, -0.25) is 0 Å². The van der Waals surface area contributed by atoms with Crippen molar-refractivity contribution in [2.24, 2.45) is 11.8 Å². The Hall–Kier alpha value is -0.0400. The second kappa shape index (κ2) is 18.3. The summed E-state index contributed by atoms with van der Waals surface area (Å²) < 4.78 is 0. The van der Waals surface area contributed by atoms with E-state index in [9.17, 15) is 0 Å². The lowest BCUT2D eigenvalue weighted by molar-refractivity contribution is 0.282. The van der Waals surface area contributed by atoms with Crippen molar-refractivity contribution in [3.05, 3.63) is 0 Å². The molecule has 0 rings (SSSR count). The molecule has 0 heterocycles. The minimum Gasteiger partial charge on any atom is -0.396 e. The van der Waals surface area contributed by atoms with Gasteiger partial charge >= 0.3 is 0 Å². The molecule has 0 saturated carbocycles. The standard InChI is InChI=1S/C22H46O/c1-4-5-6-15-18-22(21(2)3)19-16-13-11-9-7-8-10-12-14-17-20-23/h21-23H,4-20H2,1-3H3. The van der Waals surface area contributed by atoms with Gasteiger partial charge in [0.1, 0.15) is 0 Å². The van der Waals surface area contributed by atoms with Gasteiger partial charge in [0.15, 0.2) is 0 Å². The fourth-order valence-electron chi connectivity index (χ4n) is 3.58. The summed E-state index contributed by atoms with van der Waals surface area (Å²) in [6, 6.07) is 0. The van der Waals surface area contributed by atoms with Gasteiger partial charge in [-0.2, -0.15) is 0 Å². The summed E-state index contributed by atoms with van der Waals surface area (Å²) >= 11 is 0. The van der Waals surface area contributed by atoms with Crippen molar-refractivity contribution >= 4 is 0 Å². The molecule has 0 aliphatic carbocycles. The molecule has 0 spiro atoms. The van der Waals surface area contributed by atoms with E-state index in [0.29, 0.717) is 6.61 Å². The van der Waals surface area contributed by atoms with E-state index in [4.69, 9.17) is 5.11 Å². The highest BCUT2D eigenvalue weighted by molar-refractivity contribution is 4.64. The van der Waals surface area contributed by atoms with Crippen molar-refractivity contribution in [1.29, 1.82) is 0 Å². The van der Waals surface area contributed by atoms with E-state index < -0.39 is 0 Å². The Labute approximate surface area is 147 Å². The van der Waals surface area contributed by atoms with Gasteiger partial charge in [0, 0.05) is 6.61 Å². The molecule has 0 aliphatic rings. The Morgan fingerprint density at radius 3 is 1.35 bits per heavy atom. The summed E-state index contributed by atoms with van der Waals surface area (Å²) in [6.07, 6.45) is 22.1. The Kier molecular flexibility index (Phi) is 18.3. The molecule has 1 atom stereocenters. The van der Waals surface area contributed by atoms with Gasteiger partial charge in [-0.05, 0) is 18.3 Å². The third-order valence-electron chi connectivity index (χ3n) is 5.35. The molecular formula is C22H46O. The summed E-state index contributed by atoms with van der Waals surface area (Å²) in [7, 11) is 0. The Morgan fingerprint density at radius 2 is 0.957 bits per heavy atom. The summed E-state index contributed by atoms with van der Waals surface area (Å²) in [5.74, 6) is 1.84. The van der Waals surface area contributed by atoms with Crippen molar-refractivity contribution in [3.63, 3.8) is 0 Å². The zero-order valence-corrected chi connectivity index (χ0v) is 16.6. The maximum atomic E-state index is 8.73. The highest BCUT2D eigenvalue weighted by Crippen LogP contribution is 2.25. The van der Waals surface area contributed by atoms with Crippen molar-refractivity contribution in [2.45, 2.75) is 124 Å². The van der Waals surface area contributed by atoms with Crippen molar-refractivity contribution in [1.82, 2.24) is 0 Å². The van der Waals surface area contributed by atoms with Crippen LogP contribution in [0.15, 0.2) is 0 Å². The smallest absolute Gasteiger partial charge is 0.0431 e. The quantitative estimate of drug-likeness (QED) is 0.258. The van der Waals surface area contributed by atoms with Crippen LogP contribution in [0.25, 0.3) is 0 Å². The molecular weight excluding hydrogens is 280 g/mol. The third kappa shape index (κ3) is 16.6.